The Kier molecular flexibility index (Phi) is 8.88. The zero-order chi connectivity index (χ0) is 23.0. The highest BCUT2D eigenvalue weighted by atomic mass is 16.6. The molecule has 32 heavy (non-hydrogen) atoms. The molecular weight excluding hydrogens is 402 g/mol. The lowest BCUT2D eigenvalue weighted by molar-refractivity contribution is -0.151. The van der Waals surface area contributed by atoms with Gasteiger partial charge in [-0.15, -0.1) is 0 Å². The van der Waals surface area contributed by atoms with Crippen molar-refractivity contribution in [1.29, 1.82) is 0 Å². The molecular formula is C26H39N3O3. The van der Waals surface area contributed by atoms with Gasteiger partial charge in [0.05, 0.1) is 5.57 Å². The maximum Gasteiger partial charge on any atom is 0.335 e. The van der Waals surface area contributed by atoms with Crippen molar-refractivity contribution >= 4 is 11.9 Å². The van der Waals surface area contributed by atoms with E-state index in [0.717, 1.165) is 58.5 Å². The van der Waals surface area contributed by atoms with E-state index < -0.39 is 5.60 Å². The van der Waals surface area contributed by atoms with E-state index >= 15 is 0 Å². The van der Waals surface area contributed by atoms with E-state index in [-0.39, 0.29) is 11.9 Å². The van der Waals surface area contributed by atoms with Crippen LogP contribution in [0.15, 0.2) is 41.5 Å². The first-order valence-electron chi connectivity index (χ1n) is 12.2. The number of piperidine rings is 1. The van der Waals surface area contributed by atoms with Crippen LogP contribution in [-0.2, 0) is 20.9 Å². The first-order chi connectivity index (χ1) is 15.5. The summed E-state index contributed by atoms with van der Waals surface area (Å²) in [6.45, 7) is 12.4. The van der Waals surface area contributed by atoms with Crippen molar-refractivity contribution < 1.29 is 14.3 Å². The highest BCUT2D eigenvalue weighted by Crippen LogP contribution is 2.41. The summed E-state index contributed by atoms with van der Waals surface area (Å²) in [6.07, 6.45) is 4.51. The van der Waals surface area contributed by atoms with Crippen LogP contribution >= 0.6 is 0 Å². The summed E-state index contributed by atoms with van der Waals surface area (Å²) in [6, 6.07) is 10.4. The van der Waals surface area contributed by atoms with E-state index in [1.54, 1.807) is 6.92 Å². The molecule has 1 aromatic carbocycles. The Morgan fingerprint density at radius 1 is 1.09 bits per heavy atom. The monoisotopic (exact) mass is 441 g/mol. The number of rotatable bonds is 11. The molecule has 0 saturated carbocycles. The Morgan fingerprint density at radius 3 is 2.38 bits per heavy atom. The molecule has 2 aliphatic heterocycles. The van der Waals surface area contributed by atoms with Crippen LogP contribution in [0.2, 0.25) is 0 Å². The van der Waals surface area contributed by atoms with Crippen molar-refractivity contribution in [3.8, 4) is 0 Å². The van der Waals surface area contributed by atoms with Gasteiger partial charge in [-0.3, -0.25) is 9.69 Å². The summed E-state index contributed by atoms with van der Waals surface area (Å²) in [7, 11) is 0. The quantitative estimate of drug-likeness (QED) is 0.421. The van der Waals surface area contributed by atoms with Crippen molar-refractivity contribution in [1.82, 2.24) is 15.1 Å². The number of nitrogens with zero attached hydrogens (tertiary/aromatic N) is 2. The standard InChI is InChI=1S/C26H39N3O3/c1-4-15-28(16-5-2)17-9-14-27-24(30)23-21(3)25(31)32-26(23)12-18-29(19-13-26)20-22-10-7-6-8-11-22/h6-8,10-11H,4-5,9,12-20H2,1-3H3,(H,27,30). The third kappa shape index (κ3) is 5.99. The van der Waals surface area contributed by atoms with Crippen molar-refractivity contribution in [3.05, 3.63) is 47.0 Å². The molecule has 6 heteroatoms. The average Bonchev–Trinajstić information content (AvgIpc) is 3.03. The summed E-state index contributed by atoms with van der Waals surface area (Å²) >= 11 is 0. The molecule has 0 aliphatic carbocycles. The minimum atomic E-state index is -0.769. The Balaban J connectivity index is 1.55. The van der Waals surface area contributed by atoms with Crippen LogP contribution in [0.4, 0.5) is 0 Å². The van der Waals surface area contributed by atoms with E-state index in [4.69, 9.17) is 4.74 Å². The van der Waals surface area contributed by atoms with Gasteiger partial charge in [0.15, 0.2) is 0 Å². The van der Waals surface area contributed by atoms with Gasteiger partial charge in [0.25, 0.3) is 5.91 Å². The molecule has 2 heterocycles. The van der Waals surface area contributed by atoms with Crippen LogP contribution < -0.4 is 5.32 Å². The van der Waals surface area contributed by atoms with E-state index in [1.165, 1.54) is 5.56 Å². The summed E-state index contributed by atoms with van der Waals surface area (Å²) in [5.41, 5.74) is 1.53. The summed E-state index contributed by atoms with van der Waals surface area (Å²) < 4.78 is 5.83. The van der Waals surface area contributed by atoms with Crippen LogP contribution in [0.25, 0.3) is 0 Å². The fraction of sp³-hybridized carbons (Fsp3) is 0.615. The van der Waals surface area contributed by atoms with Crippen molar-refractivity contribution in [3.63, 3.8) is 0 Å². The first kappa shape index (κ1) is 24.5. The smallest absolute Gasteiger partial charge is 0.335 e. The van der Waals surface area contributed by atoms with Crippen molar-refractivity contribution in [2.75, 3.05) is 39.3 Å². The largest absolute Gasteiger partial charge is 0.450 e. The lowest BCUT2D eigenvalue weighted by Gasteiger charge is -2.39. The number of carbonyl (C=O) groups excluding carboxylic acids is 2. The van der Waals surface area contributed by atoms with Crippen LogP contribution in [0.5, 0.6) is 0 Å². The molecule has 176 valence electrons. The van der Waals surface area contributed by atoms with Crippen LogP contribution in [0.1, 0.15) is 58.4 Å². The van der Waals surface area contributed by atoms with Gasteiger partial charge in [-0.25, -0.2) is 4.79 Å². The predicted octanol–water partition coefficient (Wildman–Crippen LogP) is 3.52. The maximum atomic E-state index is 13.1. The van der Waals surface area contributed by atoms with Gasteiger partial charge in [-0.2, -0.15) is 0 Å². The molecule has 3 rings (SSSR count). The second-order valence-electron chi connectivity index (χ2n) is 9.10. The highest BCUT2D eigenvalue weighted by molar-refractivity contribution is 6.07. The minimum absolute atomic E-state index is 0.137. The molecule has 1 N–H and O–H groups in total. The van der Waals surface area contributed by atoms with E-state index in [9.17, 15) is 9.59 Å². The van der Waals surface area contributed by atoms with Crippen LogP contribution in [0.3, 0.4) is 0 Å². The van der Waals surface area contributed by atoms with Gasteiger partial charge in [0.2, 0.25) is 0 Å². The second-order valence-corrected chi connectivity index (χ2v) is 9.10. The molecule has 1 fully saturated rings. The average molecular weight is 442 g/mol. The molecule has 2 aliphatic rings. The number of carbonyl (C=O) groups is 2. The molecule has 0 radical (unpaired) electrons. The number of benzene rings is 1. The van der Waals surface area contributed by atoms with Gasteiger partial charge in [-0.05, 0) is 51.4 Å². The second kappa shape index (κ2) is 11.6. The summed E-state index contributed by atoms with van der Waals surface area (Å²) in [5.74, 6) is -0.480. The first-order valence-corrected chi connectivity index (χ1v) is 12.2. The summed E-state index contributed by atoms with van der Waals surface area (Å²) in [4.78, 5) is 30.3. The van der Waals surface area contributed by atoms with E-state index in [2.05, 4.69) is 53.2 Å². The van der Waals surface area contributed by atoms with Crippen LogP contribution in [-0.4, -0.2) is 66.5 Å². The molecule has 0 atom stereocenters. The number of ether oxygens (including phenoxy) is 1. The third-order valence-corrected chi connectivity index (χ3v) is 6.58. The molecule has 0 aromatic heterocycles. The molecule has 0 unspecified atom stereocenters. The zero-order valence-corrected chi connectivity index (χ0v) is 20.0. The zero-order valence-electron chi connectivity index (χ0n) is 20.0. The third-order valence-electron chi connectivity index (χ3n) is 6.58. The van der Waals surface area contributed by atoms with E-state index in [1.807, 2.05) is 6.07 Å². The molecule has 1 spiro atoms. The number of hydrogen-bond acceptors (Lipinski definition) is 5. The number of likely N-dealkylation sites (tertiary alicyclic amines) is 1. The minimum Gasteiger partial charge on any atom is -0.450 e. The van der Waals surface area contributed by atoms with Crippen molar-refractivity contribution in [2.45, 2.75) is 65.0 Å². The molecule has 1 saturated heterocycles. The van der Waals surface area contributed by atoms with Gasteiger partial charge in [-0.1, -0.05) is 44.2 Å². The lowest BCUT2D eigenvalue weighted by Crippen LogP contribution is -2.48. The number of esters is 1. The van der Waals surface area contributed by atoms with Gasteiger partial charge >= 0.3 is 5.97 Å². The van der Waals surface area contributed by atoms with Gasteiger partial charge < -0.3 is 15.0 Å². The Hall–Kier alpha value is -2.18. The fourth-order valence-corrected chi connectivity index (χ4v) is 4.95. The Labute approximate surface area is 193 Å². The van der Waals surface area contributed by atoms with Gasteiger partial charge in [0, 0.05) is 44.6 Å². The summed E-state index contributed by atoms with van der Waals surface area (Å²) in [5, 5.41) is 3.07. The lowest BCUT2D eigenvalue weighted by atomic mass is 9.82. The normalized spacial score (nSPS) is 18.4. The molecule has 0 bridgehead atoms. The maximum absolute atomic E-state index is 13.1. The Morgan fingerprint density at radius 2 is 1.75 bits per heavy atom. The van der Waals surface area contributed by atoms with Crippen molar-refractivity contribution in [2.24, 2.45) is 0 Å². The number of nitrogens with one attached hydrogen (secondary N) is 1. The molecule has 6 nitrogen and oxygen atoms in total. The Bertz CT molecular complexity index is 792. The topological polar surface area (TPSA) is 61.9 Å². The number of hydrogen-bond donors (Lipinski definition) is 1. The highest BCUT2D eigenvalue weighted by Gasteiger charge is 2.50. The molecule has 1 aromatic rings. The SMILES string of the molecule is CCCN(CCC)CCCNC(=O)C1=C(C)C(=O)OC12CCN(Cc1ccccc1)CC2. The van der Waals surface area contributed by atoms with Gasteiger partial charge in [0.1, 0.15) is 5.60 Å². The fourth-order valence-electron chi connectivity index (χ4n) is 4.95. The van der Waals surface area contributed by atoms with Crippen LogP contribution in [0, 0.1) is 0 Å². The number of amides is 1. The predicted molar refractivity (Wildman–Crippen MR) is 127 cm³/mol. The molecule has 1 amide bonds. The van der Waals surface area contributed by atoms with E-state index in [0.29, 0.717) is 30.5 Å².